The quantitative estimate of drug-likeness (QED) is 0.177. The van der Waals surface area contributed by atoms with Crippen LogP contribution in [0, 0.1) is 0 Å². The fourth-order valence-electron chi connectivity index (χ4n) is 7.39. The molecular weight excluding hydrogens is 698 g/mol. The SMILES string of the molecule is FC(F)(F)c1ccc(-c2cc(-c3nc(-c4ccccc4)nc(-c4ccccc4)n3)ccc2-n2c3ccccc3c3ccc4sc5ccccc5c4c32)cc1. The lowest BCUT2D eigenvalue weighted by Crippen LogP contribution is -2.04. The maximum absolute atomic E-state index is 13.8. The van der Waals surface area contributed by atoms with Crippen molar-refractivity contribution in [3.05, 3.63) is 169 Å². The molecule has 0 N–H and O–H groups in total. The summed E-state index contributed by atoms with van der Waals surface area (Å²) in [6.07, 6.45) is -4.46. The fourth-order valence-corrected chi connectivity index (χ4v) is 8.50. The highest BCUT2D eigenvalue weighted by molar-refractivity contribution is 7.26. The number of alkyl halides is 3. The molecule has 0 radical (unpaired) electrons. The monoisotopic (exact) mass is 724 g/mol. The van der Waals surface area contributed by atoms with E-state index < -0.39 is 11.7 Å². The van der Waals surface area contributed by atoms with Gasteiger partial charge in [-0.1, -0.05) is 115 Å². The predicted molar refractivity (Wildman–Crippen MR) is 214 cm³/mol. The van der Waals surface area contributed by atoms with Crippen LogP contribution in [0.5, 0.6) is 0 Å². The average Bonchev–Trinajstić information content (AvgIpc) is 3.77. The summed E-state index contributed by atoms with van der Waals surface area (Å²) in [6, 6.07) is 52.0. The first-order valence-corrected chi connectivity index (χ1v) is 18.3. The van der Waals surface area contributed by atoms with Crippen molar-refractivity contribution in [2.24, 2.45) is 0 Å². The second-order valence-electron chi connectivity index (χ2n) is 13.1. The van der Waals surface area contributed by atoms with Gasteiger partial charge < -0.3 is 4.57 Å². The Morgan fingerprint density at radius 1 is 0.463 bits per heavy atom. The number of hydrogen-bond acceptors (Lipinski definition) is 4. The third kappa shape index (κ3) is 5.33. The largest absolute Gasteiger partial charge is 0.416 e. The molecule has 258 valence electrons. The Bertz CT molecular complexity index is 2970. The number of rotatable bonds is 5. The van der Waals surface area contributed by atoms with E-state index in [1.54, 1.807) is 23.5 Å². The van der Waals surface area contributed by atoms with Gasteiger partial charge in [0.1, 0.15) is 0 Å². The molecule has 7 aromatic carbocycles. The first-order valence-electron chi connectivity index (χ1n) is 17.4. The van der Waals surface area contributed by atoms with E-state index >= 15 is 0 Å². The molecule has 0 fully saturated rings. The number of nitrogens with zero attached hydrogens (tertiary/aromatic N) is 4. The highest BCUT2D eigenvalue weighted by Gasteiger charge is 2.30. The number of benzene rings is 7. The van der Waals surface area contributed by atoms with Gasteiger partial charge in [-0.25, -0.2) is 15.0 Å². The minimum absolute atomic E-state index is 0.454. The summed E-state index contributed by atoms with van der Waals surface area (Å²) in [5.74, 6) is 1.50. The van der Waals surface area contributed by atoms with Gasteiger partial charge in [0.05, 0.1) is 22.3 Å². The molecule has 3 heterocycles. The van der Waals surface area contributed by atoms with Gasteiger partial charge in [0, 0.05) is 53.2 Å². The Morgan fingerprint density at radius 2 is 1.04 bits per heavy atom. The molecule has 54 heavy (non-hydrogen) atoms. The summed E-state index contributed by atoms with van der Waals surface area (Å²) in [6.45, 7) is 0. The van der Waals surface area contributed by atoms with E-state index in [9.17, 15) is 13.2 Å². The summed E-state index contributed by atoms with van der Waals surface area (Å²) < 4.78 is 46.1. The van der Waals surface area contributed by atoms with Crippen molar-refractivity contribution in [3.8, 4) is 51.0 Å². The fraction of sp³-hybridized carbons (Fsp3) is 0.0217. The number of fused-ring (bicyclic) bond motifs is 7. The molecule has 10 rings (SSSR count). The molecule has 10 aromatic rings. The number of halogens is 3. The molecule has 4 nitrogen and oxygen atoms in total. The zero-order chi connectivity index (χ0) is 36.4. The van der Waals surface area contributed by atoms with Crippen molar-refractivity contribution in [3.63, 3.8) is 0 Å². The minimum Gasteiger partial charge on any atom is -0.308 e. The van der Waals surface area contributed by atoms with Crippen LogP contribution in [0.2, 0.25) is 0 Å². The van der Waals surface area contributed by atoms with E-state index in [1.165, 1.54) is 4.70 Å². The lowest BCUT2D eigenvalue weighted by molar-refractivity contribution is -0.137. The Morgan fingerprint density at radius 3 is 1.70 bits per heavy atom. The molecule has 0 spiro atoms. The van der Waals surface area contributed by atoms with Crippen molar-refractivity contribution in [2.75, 3.05) is 0 Å². The lowest BCUT2D eigenvalue weighted by atomic mass is 9.98. The van der Waals surface area contributed by atoms with Gasteiger partial charge in [-0.15, -0.1) is 11.3 Å². The molecular formula is C46H27F3N4S. The predicted octanol–water partition coefficient (Wildman–Crippen LogP) is 13.0. The lowest BCUT2D eigenvalue weighted by Gasteiger charge is -2.17. The summed E-state index contributed by atoms with van der Waals surface area (Å²) in [5.41, 5.74) is 5.93. The second kappa shape index (κ2) is 12.5. The Labute approximate surface area is 311 Å². The third-order valence-electron chi connectivity index (χ3n) is 9.89. The molecule has 8 heteroatoms. The zero-order valence-electron chi connectivity index (χ0n) is 28.4. The number of thiophene rings is 1. The van der Waals surface area contributed by atoms with Crippen molar-refractivity contribution in [1.82, 2.24) is 19.5 Å². The van der Waals surface area contributed by atoms with Crippen LogP contribution in [0.4, 0.5) is 13.2 Å². The Balaban J connectivity index is 1.27. The first-order chi connectivity index (χ1) is 26.4. The minimum atomic E-state index is -4.46. The van der Waals surface area contributed by atoms with Gasteiger partial charge in [-0.05, 0) is 54.1 Å². The maximum Gasteiger partial charge on any atom is 0.416 e. The van der Waals surface area contributed by atoms with Crippen molar-refractivity contribution >= 4 is 53.3 Å². The molecule has 0 bridgehead atoms. The highest BCUT2D eigenvalue weighted by Crippen LogP contribution is 2.45. The highest BCUT2D eigenvalue weighted by atomic mass is 32.1. The number of para-hydroxylation sites is 1. The van der Waals surface area contributed by atoms with Crippen LogP contribution in [0.15, 0.2) is 164 Å². The molecule has 0 amide bonds. The van der Waals surface area contributed by atoms with Crippen LogP contribution in [0.3, 0.4) is 0 Å². The Hall–Kier alpha value is -6.64. The maximum atomic E-state index is 13.8. The van der Waals surface area contributed by atoms with E-state index in [0.29, 0.717) is 28.6 Å². The summed E-state index contributed by atoms with van der Waals surface area (Å²) in [4.78, 5) is 14.8. The van der Waals surface area contributed by atoms with Crippen molar-refractivity contribution in [2.45, 2.75) is 6.18 Å². The van der Waals surface area contributed by atoms with Crippen LogP contribution in [0.1, 0.15) is 5.56 Å². The topological polar surface area (TPSA) is 43.6 Å². The van der Waals surface area contributed by atoms with Gasteiger partial charge in [0.15, 0.2) is 17.5 Å². The molecule has 0 aliphatic heterocycles. The third-order valence-corrected chi connectivity index (χ3v) is 11.0. The van der Waals surface area contributed by atoms with Crippen LogP contribution >= 0.6 is 11.3 Å². The first kappa shape index (κ1) is 32.0. The number of hydrogen-bond donors (Lipinski definition) is 0. The Kier molecular flexibility index (Phi) is 7.42. The van der Waals surface area contributed by atoms with Crippen LogP contribution in [-0.2, 0) is 6.18 Å². The van der Waals surface area contributed by atoms with E-state index in [1.807, 2.05) is 91.0 Å². The summed E-state index contributed by atoms with van der Waals surface area (Å²) in [7, 11) is 0. The van der Waals surface area contributed by atoms with Gasteiger partial charge in [0.2, 0.25) is 0 Å². The summed E-state index contributed by atoms with van der Waals surface area (Å²) in [5, 5.41) is 4.49. The van der Waals surface area contributed by atoms with Crippen LogP contribution in [-0.4, -0.2) is 19.5 Å². The van der Waals surface area contributed by atoms with Crippen LogP contribution in [0.25, 0.3) is 93.0 Å². The van der Waals surface area contributed by atoms with Crippen molar-refractivity contribution in [1.29, 1.82) is 0 Å². The number of aromatic nitrogens is 4. The molecule has 0 saturated carbocycles. The molecule has 3 aromatic heterocycles. The second-order valence-corrected chi connectivity index (χ2v) is 14.2. The molecule has 0 saturated heterocycles. The van der Waals surface area contributed by atoms with Gasteiger partial charge >= 0.3 is 6.18 Å². The van der Waals surface area contributed by atoms with E-state index in [4.69, 9.17) is 15.0 Å². The smallest absolute Gasteiger partial charge is 0.308 e. The van der Waals surface area contributed by atoms with Gasteiger partial charge in [0.25, 0.3) is 0 Å². The van der Waals surface area contributed by atoms with E-state index in [2.05, 4.69) is 53.1 Å². The average molecular weight is 725 g/mol. The summed E-state index contributed by atoms with van der Waals surface area (Å²) >= 11 is 1.75. The van der Waals surface area contributed by atoms with Crippen molar-refractivity contribution < 1.29 is 13.2 Å². The molecule has 0 unspecified atom stereocenters. The van der Waals surface area contributed by atoms with E-state index in [0.717, 1.165) is 71.8 Å². The van der Waals surface area contributed by atoms with Gasteiger partial charge in [-0.3, -0.25) is 0 Å². The molecule has 0 aliphatic rings. The van der Waals surface area contributed by atoms with E-state index in [-0.39, 0.29) is 0 Å². The zero-order valence-corrected chi connectivity index (χ0v) is 29.2. The van der Waals surface area contributed by atoms with Gasteiger partial charge in [-0.2, -0.15) is 13.2 Å². The molecule has 0 aliphatic carbocycles. The standard InChI is InChI=1S/C46H27F3N4S/c47-46(48,49)32-22-19-28(20-23-32)36-27-31(45-51-43(29-11-3-1-4-12-29)50-44(52-45)30-13-5-2-6-14-30)21-25-38(36)53-37-17-9-7-15-33(37)34-24-26-40-41(42(34)53)35-16-8-10-18-39(35)54-40/h1-27H. The normalized spacial score (nSPS) is 12.0. The molecule has 0 atom stereocenters. The van der Waals surface area contributed by atoms with Crippen LogP contribution < -0.4 is 0 Å².